The fourth-order valence-corrected chi connectivity index (χ4v) is 5.71. The van der Waals surface area contributed by atoms with Gasteiger partial charge in [-0.3, -0.25) is 13.9 Å². The van der Waals surface area contributed by atoms with Gasteiger partial charge >= 0.3 is 0 Å². The van der Waals surface area contributed by atoms with Crippen LogP contribution in [0.25, 0.3) is 0 Å². The van der Waals surface area contributed by atoms with Crippen molar-refractivity contribution in [2.45, 2.75) is 37.8 Å². The molecule has 0 spiro atoms. The summed E-state index contributed by atoms with van der Waals surface area (Å²) in [5.74, 6) is 0.317. The van der Waals surface area contributed by atoms with Gasteiger partial charge in [-0.05, 0) is 73.0 Å². The van der Waals surface area contributed by atoms with E-state index in [0.717, 1.165) is 28.4 Å². The molecule has 10 heteroatoms. The van der Waals surface area contributed by atoms with E-state index in [4.69, 9.17) is 16.3 Å². The summed E-state index contributed by atoms with van der Waals surface area (Å²) < 4.78 is 33.6. The maximum absolute atomic E-state index is 13.5. The topological polar surface area (TPSA) is 96.0 Å². The number of carbonyl (C=O) groups excluding carboxylic acids is 2. The van der Waals surface area contributed by atoms with Crippen molar-refractivity contribution in [3.63, 3.8) is 0 Å². The lowest BCUT2D eigenvalue weighted by Crippen LogP contribution is -2.40. The van der Waals surface area contributed by atoms with Gasteiger partial charge in [0.2, 0.25) is 11.8 Å². The van der Waals surface area contributed by atoms with Crippen molar-refractivity contribution in [3.05, 3.63) is 88.9 Å². The number of nitrogens with zero attached hydrogens (tertiary/aromatic N) is 2. The molecule has 1 N–H and O–H groups in total. The van der Waals surface area contributed by atoms with Crippen molar-refractivity contribution in [2.75, 3.05) is 24.0 Å². The van der Waals surface area contributed by atoms with Crippen LogP contribution < -0.4 is 14.4 Å². The van der Waals surface area contributed by atoms with Crippen LogP contribution in [0.5, 0.6) is 5.75 Å². The van der Waals surface area contributed by atoms with Gasteiger partial charge in [-0.2, -0.15) is 0 Å². The van der Waals surface area contributed by atoms with Gasteiger partial charge < -0.3 is 15.0 Å². The molecule has 1 heterocycles. The Morgan fingerprint density at radius 1 is 1.00 bits per heavy atom. The Morgan fingerprint density at radius 3 is 2.26 bits per heavy atom. The van der Waals surface area contributed by atoms with Crippen LogP contribution in [0.3, 0.4) is 0 Å². The van der Waals surface area contributed by atoms with Crippen LogP contribution in [-0.4, -0.2) is 44.8 Å². The first-order valence-corrected chi connectivity index (χ1v) is 14.2. The maximum Gasteiger partial charge on any atom is 0.264 e. The third-order valence-electron chi connectivity index (χ3n) is 6.18. The zero-order valence-corrected chi connectivity index (χ0v) is 22.7. The van der Waals surface area contributed by atoms with Crippen molar-refractivity contribution in [2.24, 2.45) is 0 Å². The predicted octanol–water partition coefficient (Wildman–Crippen LogP) is 4.37. The highest BCUT2D eigenvalue weighted by Gasteiger charge is 2.27. The number of halogens is 1. The summed E-state index contributed by atoms with van der Waals surface area (Å²) in [6, 6.07) is 20.0. The molecule has 0 aliphatic carbocycles. The van der Waals surface area contributed by atoms with Crippen molar-refractivity contribution in [3.8, 4) is 5.75 Å². The number of benzene rings is 3. The molecular formula is C28H30ClN3O5S. The standard InChI is InChI=1S/C28H30ClN3O5S/c1-2-37-25-13-11-24(12-14-25)32(38(35,36)26-15-9-23(29)10-16-26)20-27(33)30-18-21-5-7-22(8-6-21)19-31-17-3-4-28(31)34/h5-16H,2-4,17-20H2,1H3,(H,30,33). The molecule has 4 rings (SSSR count). The van der Waals surface area contributed by atoms with Gasteiger partial charge in [0, 0.05) is 31.1 Å². The number of likely N-dealkylation sites (tertiary alicyclic amines) is 1. The first kappa shape index (κ1) is 27.5. The number of sulfonamides is 1. The summed E-state index contributed by atoms with van der Waals surface area (Å²) in [7, 11) is -4.05. The number of carbonyl (C=O) groups is 2. The molecule has 0 bridgehead atoms. The van der Waals surface area contributed by atoms with Crippen molar-refractivity contribution >= 4 is 39.1 Å². The van der Waals surface area contributed by atoms with E-state index in [1.165, 1.54) is 24.3 Å². The first-order chi connectivity index (χ1) is 18.3. The average molecular weight is 556 g/mol. The highest BCUT2D eigenvalue weighted by Crippen LogP contribution is 2.26. The van der Waals surface area contributed by atoms with Gasteiger partial charge in [-0.1, -0.05) is 35.9 Å². The molecule has 0 unspecified atom stereocenters. The molecule has 1 aliphatic rings. The average Bonchev–Trinajstić information content (AvgIpc) is 3.32. The van der Waals surface area contributed by atoms with E-state index in [-0.39, 0.29) is 17.3 Å². The van der Waals surface area contributed by atoms with E-state index >= 15 is 0 Å². The zero-order valence-electron chi connectivity index (χ0n) is 21.1. The normalized spacial score (nSPS) is 13.4. The van der Waals surface area contributed by atoms with Crippen molar-refractivity contribution < 1.29 is 22.7 Å². The van der Waals surface area contributed by atoms with Crippen LogP contribution in [0, 0.1) is 0 Å². The third kappa shape index (κ3) is 6.85. The molecule has 3 aromatic rings. The van der Waals surface area contributed by atoms with Gasteiger partial charge in [0.05, 0.1) is 17.2 Å². The Hall–Kier alpha value is -3.56. The molecule has 2 amide bonds. The van der Waals surface area contributed by atoms with Gasteiger partial charge in [0.25, 0.3) is 10.0 Å². The highest BCUT2D eigenvalue weighted by molar-refractivity contribution is 7.92. The Kier molecular flexibility index (Phi) is 8.91. The second-order valence-corrected chi connectivity index (χ2v) is 11.2. The Balaban J connectivity index is 1.45. The summed E-state index contributed by atoms with van der Waals surface area (Å²) >= 11 is 5.94. The number of amides is 2. The summed E-state index contributed by atoms with van der Waals surface area (Å²) in [5, 5.41) is 3.22. The second-order valence-electron chi connectivity index (χ2n) is 8.90. The van der Waals surface area contributed by atoms with Gasteiger partial charge in [0.15, 0.2) is 0 Å². The zero-order chi connectivity index (χ0) is 27.1. The molecule has 0 aromatic heterocycles. The first-order valence-electron chi connectivity index (χ1n) is 12.4. The molecule has 200 valence electrons. The van der Waals surface area contributed by atoms with E-state index in [1.807, 2.05) is 36.1 Å². The SMILES string of the molecule is CCOc1ccc(N(CC(=O)NCc2ccc(CN3CCCC3=O)cc2)S(=O)(=O)c2ccc(Cl)cc2)cc1. The Bertz CT molecular complexity index is 1360. The minimum Gasteiger partial charge on any atom is -0.494 e. The Morgan fingerprint density at radius 2 is 1.66 bits per heavy atom. The molecule has 0 atom stereocenters. The number of hydrogen-bond acceptors (Lipinski definition) is 5. The molecule has 0 radical (unpaired) electrons. The van der Waals surface area contributed by atoms with Gasteiger partial charge in [0.1, 0.15) is 12.3 Å². The fraction of sp³-hybridized carbons (Fsp3) is 0.286. The van der Waals surface area contributed by atoms with Crippen molar-refractivity contribution in [1.29, 1.82) is 0 Å². The number of anilines is 1. The lowest BCUT2D eigenvalue weighted by molar-refractivity contribution is -0.128. The quantitative estimate of drug-likeness (QED) is 0.379. The molecule has 0 saturated carbocycles. The van der Waals surface area contributed by atoms with Crippen LogP contribution >= 0.6 is 11.6 Å². The molecule has 1 aliphatic heterocycles. The second kappa shape index (κ2) is 12.3. The number of rotatable bonds is 11. The third-order valence-corrected chi connectivity index (χ3v) is 8.22. The van der Waals surface area contributed by atoms with Crippen LogP contribution in [-0.2, 0) is 32.7 Å². The van der Waals surface area contributed by atoms with Crippen LogP contribution in [0.4, 0.5) is 5.69 Å². The Labute approximate surface area is 228 Å². The van der Waals surface area contributed by atoms with Crippen LogP contribution in [0.2, 0.25) is 5.02 Å². The fourth-order valence-electron chi connectivity index (χ4n) is 4.17. The summed E-state index contributed by atoms with van der Waals surface area (Å²) in [5.41, 5.74) is 2.22. The summed E-state index contributed by atoms with van der Waals surface area (Å²) in [6.45, 7) is 3.52. The molecular weight excluding hydrogens is 526 g/mol. The number of hydrogen-bond donors (Lipinski definition) is 1. The lowest BCUT2D eigenvalue weighted by atomic mass is 10.1. The van der Waals surface area contributed by atoms with Gasteiger partial charge in [-0.25, -0.2) is 8.42 Å². The van der Waals surface area contributed by atoms with E-state index in [1.54, 1.807) is 24.3 Å². The summed E-state index contributed by atoms with van der Waals surface area (Å²) in [6.07, 6.45) is 1.50. The maximum atomic E-state index is 13.5. The molecule has 1 fully saturated rings. The lowest BCUT2D eigenvalue weighted by Gasteiger charge is -2.24. The van der Waals surface area contributed by atoms with Gasteiger partial charge in [-0.15, -0.1) is 0 Å². The number of nitrogens with one attached hydrogen (secondary N) is 1. The molecule has 8 nitrogen and oxygen atoms in total. The minimum atomic E-state index is -4.05. The van der Waals surface area contributed by atoms with E-state index in [2.05, 4.69) is 5.32 Å². The summed E-state index contributed by atoms with van der Waals surface area (Å²) in [4.78, 5) is 26.6. The van der Waals surface area contributed by atoms with Crippen LogP contribution in [0.1, 0.15) is 30.9 Å². The number of ether oxygens (including phenoxy) is 1. The predicted molar refractivity (Wildman–Crippen MR) is 147 cm³/mol. The highest BCUT2D eigenvalue weighted by atomic mass is 35.5. The minimum absolute atomic E-state index is 0.0238. The largest absolute Gasteiger partial charge is 0.494 e. The monoisotopic (exact) mass is 555 g/mol. The van der Waals surface area contributed by atoms with E-state index < -0.39 is 22.5 Å². The van der Waals surface area contributed by atoms with Crippen LogP contribution in [0.15, 0.2) is 77.7 Å². The van der Waals surface area contributed by atoms with E-state index in [9.17, 15) is 18.0 Å². The van der Waals surface area contributed by atoms with E-state index in [0.29, 0.717) is 36.0 Å². The smallest absolute Gasteiger partial charge is 0.264 e. The molecule has 3 aromatic carbocycles. The molecule has 1 saturated heterocycles. The molecule has 38 heavy (non-hydrogen) atoms. The van der Waals surface area contributed by atoms with Crippen molar-refractivity contribution in [1.82, 2.24) is 10.2 Å².